The molecule has 0 saturated carbocycles. The zero-order chi connectivity index (χ0) is 20.1. The Balaban J connectivity index is 1.49. The Labute approximate surface area is 164 Å². The minimum atomic E-state index is -4.16. The summed E-state index contributed by atoms with van der Waals surface area (Å²) in [6, 6.07) is 10.2. The number of benzene rings is 1. The van der Waals surface area contributed by atoms with Gasteiger partial charge in [-0.15, -0.1) is 0 Å². The summed E-state index contributed by atoms with van der Waals surface area (Å²) in [7, 11) is 0. The molecule has 3 rings (SSSR count). The number of amides is 2. The van der Waals surface area contributed by atoms with Crippen molar-refractivity contribution in [2.75, 3.05) is 44.2 Å². The lowest BCUT2D eigenvalue weighted by atomic mass is 10.0. The Hall–Kier alpha value is -1.96. The summed E-state index contributed by atoms with van der Waals surface area (Å²) in [5.41, 5.74) is 1.16. The van der Waals surface area contributed by atoms with Gasteiger partial charge in [-0.3, -0.25) is 4.90 Å². The second-order valence-electron chi connectivity index (χ2n) is 7.65. The van der Waals surface area contributed by atoms with Gasteiger partial charge in [0.05, 0.1) is 12.6 Å². The van der Waals surface area contributed by atoms with E-state index in [0.717, 1.165) is 25.2 Å². The Morgan fingerprint density at radius 3 is 2.39 bits per heavy atom. The van der Waals surface area contributed by atoms with Gasteiger partial charge in [0, 0.05) is 44.5 Å². The van der Waals surface area contributed by atoms with Crippen LogP contribution in [0.15, 0.2) is 30.3 Å². The van der Waals surface area contributed by atoms with Gasteiger partial charge in [0.1, 0.15) is 0 Å². The Bertz CT molecular complexity index is 632. The van der Waals surface area contributed by atoms with Gasteiger partial charge in [0.25, 0.3) is 0 Å². The maximum absolute atomic E-state index is 12.8. The Morgan fingerprint density at radius 2 is 1.79 bits per heavy atom. The van der Waals surface area contributed by atoms with Gasteiger partial charge in [-0.2, -0.15) is 13.2 Å². The number of nitrogens with one attached hydrogen (secondary N) is 1. The highest BCUT2D eigenvalue weighted by atomic mass is 19.4. The number of hydrogen-bond acceptors (Lipinski definition) is 3. The van der Waals surface area contributed by atoms with E-state index in [2.05, 4.69) is 29.3 Å². The molecule has 2 aliphatic rings. The number of carbonyl (C=O) groups is 1. The predicted octanol–water partition coefficient (Wildman–Crippen LogP) is 3.32. The molecular weight excluding hydrogens is 369 g/mol. The van der Waals surface area contributed by atoms with Crippen LogP contribution in [0, 0.1) is 0 Å². The zero-order valence-corrected chi connectivity index (χ0v) is 16.3. The van der Waals surface area contributed by atoms with Crippen LogP contribution in [0.5, 0.6) is 0 Å². The molecular formula is C20H29F3N4O. The molecule has 2 amide bonds. The fraction of sp³-hybridized carbons (Fsp3) is 0.650. The fourth-order valence-electron chi connectivity index (χ4n) is 4.09. The Morgan fingerprint density at radius 1 is 1.11 bits per heavy atom. The van der Waals surface area contributed by atoms with Crippen molar-refractivity contribution in [2.45, 2.75) is 44.4 Å². The summed E-state index contributed by atoms with van der Waals surface area (Å²) in [4.78, 5) is 18.4. The number of nitrogens with zero attached hydrogens (tertiary/aromatic N) is 3. The van der Waals surface area contributed by atoms with Crippen LogP contribution in [0.25, 0.3) is 0 Å². The molecule has 0 spiro atoms. The lowest BCUT2D eigenvalue weighted by Gasteiger charge is -2.43. The van der Waals surface area contributed by atoms with E-state index in [0.29, 0.717) is 32.5 Å². The average Bonchev–Trinajstić information content (AvgIpc) is 2.68. The largest absolute Gasteiger partial charge is 0.401 e. The third-order valence-electron chi connectivity index (χ3n) is 5.65. The van der Waals surface area contributed by atoms with Crippen LogP contribution in [0.2, 0.25) is 0 Å². The van der Waals surface area contributed by atoms with Gasteiger partial charge in [0.15, 0.2) is 0 Å². The number of para-hydroxylation sites is 1. The fourth-order valence-corrected chi connectivity index (χ4v) is 4.09. The molecule has 0 unspecified atom stereocenters. The number of alkyl halides is 3. The second-order valence-corrected chi connectivity index (χ2v) is 7.65. The summed E-state index contributed by atoms with van der Waals surface area (Å²) in [6.07, 6.45) is -2.19. The van der Waals surface area contributed by atoms with Crippen LogP contribution in [0.1, 0.15) is 26.2 Å². The first kappa shape index (κ1) is 20.8. The number of halogens is 3. The standard InChI is InChI=1S/C20H29F3N4O/c1-2-17-14-26(18-6-4-3-5-7-18)12-13-27(17)19(28)24-16-8-10-25(11-9-16)15-20(21,22)23/h3-7,16-17H,2,8-15H2,1H3,(H,24,28)/t17-/m0/s1. The van der Waals surface area contributed by atoms with Crippen LogP contribution >= 0.6 is 0 Å². The molecule has 2 saturated heterocycles. The average molecular weight is 398 g/mol. The molecule has 28 heavy (non-hydrogen) atoms. The van der Waals surface area contributed by atoms with Gasteiger partial charge in [-0.05, 0) is 31.4 Å². The van der Waals surface area contributed by atoms with Crippen molar-refractivity contribution in [3.05, 3.63) is 30.3 Å². The van der Waals surface area contributed by atoms with Gasteiger partial charge < -0.3 is 15.1 Å². The van der Waals surface area contributed by atoms with Gasteiger partial charge in [-0.1, -0.05) is 25.1 Å². The number of hydrogen-bond donors (Lipinski definition) is 1. The van der Waals surface area contributed by atoms with E-state index in [4.69, 9.17) is 0 Å². The normalized spacial score (nSPS) is 22.4. The van der Waals surface area contributed by atoms with Crippen LogP contribution in [0.4, 0.5) is 23.7 Å². The summed E-state index contributed by atoms with van der Waals surface area (Å²) in [6.45, 7) is 4.15. The predicted molar refractivity (Wildman–Crippen MR) is 103 cm³/mol. The van der Waals surface area contributed by atoms with Crippen molar-refractivity contribution in [3.63, 3.8) is 0 Å². The maximum atomic E-state index is 12.8. The number of urea groups is 1. The smallest absolute Gasteiger partial charge is 0.368 e. The van der Waals surface area contributed by atoms with E-state index < -0.39 is 12.7 Å². The molecule has 156 valence electrons. The molecule has 1 atom stereocenters. The SMILES string of the molecule is CC[C@H]1CN(c2ccccc2)CCN1C(=O)NC1CCN(CC(F)(F)F)CC1. The summed E-state index contributed by atoms with van der Waals surface area (Å²) in [5, 5.41) is 3.05. The number of piperidine rings is 1. The van der Waals surface area contributed by atoms with E-state index in [-0.39, 0.29) is 18.1 Å². The van der Waals surface area contributed by atoms with E-state index in [9.17, 15) is 18.0 Å². The number of rotatable bonds is 4. The number of anilines is 1. The third kappa shape index (κ3) is 5.53. The number of likely N-dealkylation sites (tertiary alicyclic amines) is 1. The molecule has 0 aliphatic carbocycles. The number of carbonyl (C=O) groups excluding carboxylic acids is 1. The first-order chi connectivity index (χ1) is 13.4. The van der Waals surface area contributed by atoms with Crippen molar-refractivity contribution < 1.29 is 18.0 Å². The van der Waals surface area contributed by atoms with Crippen molar-refractivity contribution in [1.29, 1.82) is 0 Å². The summed E-state index contributed by atoms with van der Waals surface area (Å²) >= 11 is 0. The van der Waals surface area contributed by atoms with Crippen molar-refractivity contribution in [2.24, 2.45) is 0 Å². The molecule has 0 bridgehead atoms. The van der Waals surface area contributed by atoms with E-state index in [1.807, 2.05) is 23.1 Å². The molecule has 5 nitrogen and oxygen atoms in total. The van der Waals surface area contributed by atoms with Crippen LogP contribution in [0.3, 0.4) is 0 Å². The highest BCUT2D eigenvalue weighted by Gasteiger charge is 2.34. The lowest BCUT2D eigenvalue weighted by molar-refractivity contribution is -0.148. The summed E-state index contributed by atoms with van der Waals surface area (Å²) in [5.74, 6) is 0. The summed E-state index contributed by atoms with van der Waals surface area (Å²) < 4.78 is 37.5. The minimum absolute atomic E-state index is 0.0540. The molecule has 1 aromatic carbocycles. The quantitative estimate of drug-likeness (QED) is 0.846. The van der Waals surface area contributed by atoms with E-state index in [1.54, 1.807) is 0 Å². The van der Waals surface area contributed by atoms with Crippen LogP contribution < -0.4 is 10.2 Å². The zero-order valence-electron chi connectivity index (χ0n) is 16.3. The monoisotopic (exact) mass is 398 g/mol. The molecule has 2 aliphatic heterocycles. The van der Waals surface area contributed by atoms with Crippen LogP contribution in [-0.4, -0.2) is 73.4 Å². The van der Waals surface area contributed by atoms with Gasteiger partial charge in [0.2, 0.25) is 0 Å². The minimum Gasteiger partial charge on any atom is -0.368 e. The first-order valence-electron chi connectivity index (χ1n) is 10.0. The van der Waals surface area contributed by atoms with Crippen molar-refractivity contribution >= 4 is 11.7 Å². The molecule has 0 radical (unpaired) electrons. The van der Waals surface area contributed by atoms with Crippen molar-refractivity contribution in [1.82, 2.24) is 15.1 Å². The molecule has 2 fully saturated rings. The number of piperazine rings is 1. The molecule has 2 heterocycles. The topological polar surface area (TPSA) is 38.8 Å². The van der Waals surface area contributed by atoms with E-state index in [1.165, 1.54) is 4.90 Å². The molecule has 0 aromatic heterocycles. The maximum Gasteiger partial charge on any atom is 0.401 e. The van der Waals surface area contributed by atoms with Gasteiger partial charge >= 0.3 is 12.2 Å². The molecule has 1 aromatic rings. The van der Waals surface area contributed by atoms with Crippen LogP contribution in [-0.2, 0) is 0 Å². The second kappa shape index (κ2) is 9.03. The van der Waals surface area contributed by atoms with E-state index >= 15 is 0 Å². The molecule has 1 N–H and O–H groups in total. The van der Waals surface area contributed by atoms with Gasteiger partial charge in [-0.25, -0.2) is 4.79 Å². The lowest BCUT2D eigenvalue weighted by Crippen LogP contribution is -2.59. The third-order valence-corrected chi connectivity index (χ3v) is 5.65. The highest BCUT2D eigenvalue weighted by molar-refractivity contribution is 5.75. The Kier molecular flexibility index (Phi) is 6.69. The molecule has 8 heteroatoms. The first-order valence-corrected chi connectivity index (χ1v) is 10.0. The highest BCUT2D eigenvalue weighted by Crippen LogP contribution is 2.22. The van der Waals surface area contributed by atoms with Crippen molar-refractivity contribution in [3.8, 4) is 0 Å².